The molecule has 1 aliphatic heterocycles. The number of carbonyl (C=O) groups excluding carboxylic acids is 1. The molecule has 1 N–H and O–H groups in total. The Kier molecular flexibility index (Phi) is 3.89. The zero-order chi connectivity index (χ0) is 13.2. The fraction of sp³-hybridized carbons (Fsp3) is 0.667. The van der Waals surface area contributed by atoms with E-state index in [1.165, 1.54) is 29.7 Å². The Bertz CT molecular complexity index is 441. The number of piperidine rings is 1. The number of carbonyl (C=O) groups is 1. The minimum absolute atomic E-state index is 0.246. The molecule has 1 unspecified atom stereocenters. The van der Waals surface area contributed by atoms with Crippen LogP contribution in [0.3, 0.4) is 0 Å². The summed E-state index contributed by atoms with van der Waals surface area (Å²) in [4.78, 5) is 17.2. The highest BCUT2D eigenvalue weighted by Crippen LogP contribution is 2.31. The minimum atomic E-state index is 0.246. The lowest BCUT2D eigenvalue weighted by atomic mass is 10.1. The predicted molar refractivity (Wildman–Crippen MR) is 78.9 cm³/mol. The topological polar surface area (TPSA) is 32.3 Å². The Morgan fingerprint density at radius 2 is 2.37 bits per heavy atom. The fourth-order valence-electron chi connectivity index (χ4n) is 3.24. The van der Waals surface area contributed by atoms with E-state index in [-0.39, 0.29) is 5.91 Å². The molecule has 1 amide bonds. The largest absolute Gasteiger partial charge is 0.334 e. The third-order valence-electron chi connectivity index (χ3n) is 4.27. The van der Waals surface area contributed by atoms with Gasteiger partial charge in [-0.3, -0.25) is 4.79 Å². The lowest BCUT2D eigenvalue weighted by molar-refractivity contribution is 0.0667. The van der Waals surface area contributed by atoms with E-state index in [4.69, 9.17) is 0 Å². The van der Waals surface area contributed by atoms with Gasteiger partial charge in [0.1, 0.15) is 0 Å². The number of aryl methyl sites for hydroxylation is 2. The van der Waals surface area contributed by atoms with E-state index in [0.29, 0.717) is 6.04 Å². The van der Waals surface area contributed by atoms with Crippen molar-refractivity contribution in [1.29, 1.82) is 0 Å². The van der Waals surface area contributed by atoms with Crippen LogP contribution in [0.1, 0.15) is 46.3 Å². The summed E-state index contributed by atoms with van der Waals surface area (Å²) in [6, 6.07) is 2.53. The van der Waals surface area contributed by atoms with Crippen molar-refractivity contribution >= 4 is 17.2 Å². The van der Waals surface area contributed by atoms with Crippen molar-refractivity contribution in [2.75, 3.05) is 19.6 Å². The van der Waals surface area contributed by atoms with Gasteiger partial charge in [0.05, 0.1) is 4.88 Å². The summed E-state index contributed by atoms with van der Waals surface area (Å²) < 4.78 is 0. The van der Waals surface area contributed by atoms with Crippen LogP contribution in [0.15, 0.2) is 6.07 Å². The molecule has 2 aliphatic rings. The van der Waals surface area contributed by atoms with Crippen molar-refractivity contribution in [3.63, 3.8) is 0 Å². The second-order valence-corrected chi connectivity index (χ2v) is 6.64. The Hall–Kier alpha value is -0.870. The summed E-state index contributed by atoms with van der Waals surface area (Å²) >= 11 is 1.73. The van der Waals surface area contributed by atoms with Gasteiger partial charge in [0.15, 0.2) is 0 Å². The summed E-state index contributed by atoms with van der Waals surface area (Å²) in [6.45, 7) is 4.95. The Morgan fingerprint density at radius 1 is 1.47 bits per heavy atom. The maximum absolute atomic E-state index is 12.7. The average Bonchev–Trinajstić information content (AvgIpc) is 3.01. The summed E-state index contributed by atoms with van der Waals surface area (Å²) in [5.41, 5.74) is 1.42. The molecule has 1 saturated heterocycles. The zero-order valence-electron chi connectivity index (χ0n) is 11.6. The van der Waals surface area contributed by atoms with Gasteiger partial charge in [0, 0.05) is 24.0 Å². The number of rotatable bonds is 3. The van der Waals surface area contributed by atoms with E-state index in [9.17, 15) is 4.79 Å². The number of hydrogen-bond acceptors (Lipinski definition) is 3. The van der Waals surface area contributed by atoms with Crippen LogP contribution in [-0.4, -0.2) is 36.5 Å². The van der Waals surface area contributed by atoms with Crippen LogP contribution in [0.2, 0.25) is 0 Å². The third-order valence-corrected chi connectivity index (χ3v) is 5.50. The standard InChI is InChI=1S/C15H22N2OS/c1-2-17(12-6-4-8-16-10-12)15(18)14-9-11-5-3-7-13(11)19-14/h9,12,16H,2-8,10H2,1H3. The Balaban J connectivity index is 1.76. The molecule has 2 heterocycles. The fourth-order valence-corrected chi connectivity index (χ4v) is 4.45. The van der Waals surface area contributed by atoms with Crippen molar-refractivity contribution in [1.82, 2.24) is 10.2 Å². The smallest absolute Gasteiger partial charge is 0.264 e. The van der Waals surface area contributed by atoms with Gasteiger partial charge in [-0.15, -0.1) is 11.3 Å². The van der Waals surface area contributed by atoms with Crippen molar-refractivity contribution in [2.24, 2.45) is 0 Å². The van der Waals surface area contributed by atoms with E-state index in [1.54, 1.807) is 11.3 Å². The maximum Gasteiger partial charge on any atom is 0.264 e. The predicted octanol–water partition coefficient (Wildman–Crippen LogP) is 2.45. The Morgan fingerprint density at radius 3 is 3.05 bits per heavy atom. The van der Waals surface area contributed by atoms with Crippen molar-refractivity contribution in [3.05, 3.63) is 21.4 Å². The van der Waals surface area contributed by atoms with Crippen molar-refractivity contribution in [3.8, 4) is 0 Å². The van der Waals surface area contributed by atoms with Crippen LogP contribution in [0.25, 0.3) is 0 Å². The van der Waals surface area contributed by atoms with Crippen LogP contribution >= 0.6 is 11.3 Å². The van der Waals surface area contributed by atoms with Gasteiger partial charge in [-0.05, 0) is 57.2 Å². The molecule has 0 saturated carbocycles. The van der Waals surface area contributed by atoms with E-state index in [0.717, 1.165) is 37.4 Å². The van der Waals surface area contributed by atoms with Gasteiger partial charge in [0.2, 0.25) is 0 Å². The van der Waals surface area contributed by atoms with Gasteiger partial charge < -0.3 is 10.2 Å². The monoisotopic (exact) mass is 278 g/mol. The molecule has 4 heteroatoms. The first kappa shape index (κ1) is 13.1. The quantitative estimate of drug-likeness (QED) is 0.921. The minimum Gasteiger partial charge on any atom is -0.334 e. The first-order chi connectivity index (χ1) is 9.29. The second kappa shape index (κ2) is 5.63. The van der Waals surface area contributed by atoms with Crippen LogP contribution < -0.4 is 5.32 Å². The number of thiophene rings is 1. The SMILES string of the molecule is CCN(C(=O)c1cc2c(s1)CCC2)C1CCCNC1. The van der Waals surface area contributed by atoms with E-state index < -0.39 is 0 Å². The zero-order valence-corrected chi connectivity index (χ0v) is 12.4. The summed E-state index contributed by atoms with van der Waals surface area (Å²) in [5.74, 6) is 0.246. The van der Waals surface area contributed by atoms with Crippen molar-refractivity contribution < 1.29 is 4.79 Å². The van der Waals surface area contributed by atoms with Crippen LogP contribution in [0.5, 0.6) is 0 Å². The second-order valence-electron chi connectivity index (χ2n) is 5.50. The highest BCUT2D eigenvalue weighted by atomic mass is 32.1. The van der Waals surface area contributed by atoms with E-state index in [1.807, 2.05) is 0 Å². The maximum atomic E-state index is 12.7. The van der Waals surface area contributed by atoms with Gasteiger partial charge in [-0.2, -0.15) is 0 Å². The van der Waals surface area contributed by atoms with Crippen LogP contribution in [0.4, 0.5) is 0 Å². The Labute approximate surface area is 119 Å². The summed E-state index contributed by atoms with van der Waals surface area (Å²) in [7, 11) is 0. The molecule has 1 aliphatic carbocycles. The lowest BCUT2D eigenvalue weighted by Gasteiger charge is -2.33. The molecular weight excluding hydrogens is 256 g/mol. The first-order valence-corrected chi connectivity index (χ1v) is 8.24. The number of likely N-dealkylation sites (N-methyl/N-ethyl adjacent to an activating group) is 1. The molecule has 3 rings (SSSR count). The molecule has 1 fully saturated rings. The molecule has 0 radical (unpaired) electrons. The number of nitrogens with one attached hydrogen (secondary N) is 1. The molecule has 0 aromatic carbocycles. The number of amides is 1. The summed E-state index contributed by atoms with van der Waals surface area (Å²) in [6.07, 6.45) is 5.91. The van der Waals surface area contributed by atoms with Gasteiger partial charge >= 0.3 is 0 Å². The van der Waals surface area contributed by atoms with Crippen LogP contribution in [-0.2, 0) is 12.8 Å². The molecule has 1 aromatic heterocycles. The molecule has 1 atom stereocenters. The molecule has 1 aromatic rings. The normalized spacial score (nSPS) is 22.3. The number of hydrogen-bond donors (Lipinski definition) is 1. The summed E-state index contributed by atoms with van der Waals surface area (Å²) in [5, 5.41) is 3.40. The highest BCUT2D eigenvalue weighted by Gasteiger charge is 2.27. The molecule has 19 heavy (non-hydrogen) atoms. The molecule has 104 valence electrons. The molecule has 0 spiro atoms. The van der Waals surface area contributed by atoms with E-state index >= 15 is 0 Å². The molecule has 0 bridgehead atoms. The van der Waals surface area contributed by atoms with Crippen LogP contribution in [0, 0.1) is 0 Å². The van der Waals surface area contributed by atoms with Crippen molar-refractivity contribution in [2.45, 2.75) is 45.1 Å². The lowest BCUT2D eigenvalue weighted by Crippen LogP contribution is -2.48. The molecular formula is C15H22N2OS. The molecule has 3 nitrogen and oxygen atoms in total. The van der Waals surface area contributed by atoms with Gasteiger partial charge in [0.25, 0.3) is 5.91 Å². The number of fused-ring (bicyclic) bond motifs is 1. The first-order valence-electron chi connectivity index (χ1n) is 7.43. The number of nitrogens with zero attached hydrogens (tertiary/aromatic N) is 1. The van der Waals surface area contributed by atoms with Gasteiger partial charge in [-0.1, -0.05) is 0 Å². The highest BCUT2D eigenvalue weighted by molar-refractivity contribution is 7.14. The van der Waals surface area contributed by atoms with E-state index in [2.05, 4.69) is 23.2 Å². The third kappa shape index (κ3) is 2.56. The average molecular weight is 278 g/mol. The van der Waals surface area contributed by atoms with Gasteiger partial charge in [-0.25, -0.2) is 0 Å².